The number of amides is 2. The fourth-order valence-electron chi connectivity index (χ4n) is 9.06. The summed E-state index contributed by atoms with van der Waals surface area (Å²) in [5.41, 5.74) is 2.53. The molecule has 4 saturated carbocycles. The lowest BCUT2D eigenvalue weighted by Crippen LogP contribution is -2.68. The molecule has 0 radical (unpaired) electrons. The summed E-state index contributed by atoms with van der Waals surface area (Å²) in [6.45, 7) is 1.60. The molecule has 4 aliphatic carbocycles. The lowest BCUT2D eigenvalue weighted by atomic mass is 9.51. The Bertz CT molecular complexity index is 1280. The number of benzene rings is 2. The molecule has 2 N–H and O–H groups in total. The molecule has 1 aliphatic heterocycles. The Balaban J connectivity index is 0.917. The maximum Gasteiger partial charge on any atom is 0.315 e. The standard InChI is InChI=1S/C30H37N3O3S/c34-28(32-30-18-23-14-22-15-26(19-30)29(30,16-22)17-23)31-20-21-10-12-33(13-11-21)37(35,36)27-8-6-25(7-9-27)24-4-2-1-3-5-24/h1-9,21-23,26H,10-20H2,(H2,31,32,34)/t22-,23-,26-,29?,30+/m1/s1. The van der Waals surface area contributed by atoms with Crippen molar-refractivity contribution in [3.05, 3.63) is 54.6 Å². The fraction of sp³-hybridized carbons (Fsp3) is 0.567. The van der Waals surface area contributed by atoms with E-state index >= 15 is 0 Å². The summed E-state index contributed by atoms with van der Waals surface area (Å²) in [7, 11) is -3.51. The minimum atomic E-state index is -3.51. The highest BCUT2D eigenvalue weighted by Gasteiger charge is 2.74. The van der Waals surface area contributed by atoms with E-state index < -0.39 is 10.0 Å². The van der Waals surface area contributed by atoms with E-state index in [1.54, 1.807) is 16.4 Å². The highest BCUT2D eigenvalue weighted by Crippen LogP contribution is 2.77. The lowest BCUT2D eigenvalue weighted by Gasteiger charge is -2.59. The molecule has 196 valence electrons. The van der Waals surface area contributed by atoms with Crippen molar-refractivity contribution in [2.24, 2.45) is 29.1 Å². The number of fused-ring (bicyclic) bond motifs is 2. The molecule has 0 aromatic heterocycles. The van der Waals surface area contributed by atoms with Crippen molar-refractivity contribution in [1.82, 2.24) is 14.9 Å². The van der Waals surface area contributed by atoms with E-state index in [1.807, 2.05) is 42.5 Å². The van der Waals surface area contributed by atoms with Crippen LogP contribution in [-0.2, 0) is 10.0 Å². The van der Waals surface area contributed by atoms with Gasteiger partial charge in [0, 0.05) is 25.2 Å². The largest absolute Gasteiger partial charge is 0.338 e. The molecule has 1 spiro atoms. The van der Waals surface area contributed by atoms with Crippen LogP contribution in [0.2, 0.25) is 0 Å². The van der Waals surface area contributed by atoms with Crippen LogP contribution in [0, 0.1) is 29.1 Å². The smallest absolute Gasteiger partial charge is 0.315 e. The number of sulfonamides is 1. The minimum Gasteiger partial charge on any atom is -0.338 e. The Morgan fingerprint density at radius 1 is 0.865 bits per heavy atom. The van der Waals surface area contributed by atoms with Gasteiger partial charge in [-0.25, -0.2) is 13.2 Å². The highest BCUT2D eigenvalue weighted by molar-refractivity contribution is 7.89. The summed E-state index contributed by atoms with van der Waals surface area (Å²) in [6, 6.07) is 17.1. The van der Waals surface area contributed by atoms with Crippen molar-refractivity contribution in [2.45, 2.75) is 61.8 Å². The molecule has 1 heterocycles. The van der Waals surface area contributed by atoms with Crippen molar-refractivity contribution < 1.29 is 13.2 Å². The summed E-state index contributed by atoms with van der Waals surface area (Å²) in [4.78, 5) is 13.3. The van der Waals surface area contributed by atoms with Gasteiger partial charge in [-0.2, -0.15) is 4.31 Å². The van der Waals surface area contributed by atoms with Gasteiger partial charge in [-0.3, -0.25) is 0 Å². The van der Waals surface area contributed by atoms with Crippen molar-refractivity contribution in [3.8, 4) is 11.1 Å². The van der Waals surface area contributed by atoms with Crippen LogP contribution in [-0.4, -0.2) is 43.9 Å². The summed E-state index contributed by atoms with van der Waals surface area (Å²) in [5.74, 6) is 2.86. The van der Waals surface area contributed by atoms with Gasteiger partial charge in [0.1, 0.15) is 0 Å². The maximum absolute atomic E-state index is 13.2. The Hall–Kier alpha value is -2.38. The molecular weight excluding hydrogens is 482 g/mol. The molecule has 2 amide bonds. The second-order valence-electron chi connectivity index (χ2n) is 12.5. The SMILES string of the molecule is O=C(NCC1CCN(S(=O)(=O)c2ccc(-c3ccccc3)cc2)CC1)N[C@@]12C[C@@H]3C[C@@H]4C[C@H](C1)C2(C4)C3. The predicted molar refractivity (Wildman–Crippen MR) is 143 cm³/mol. The van der Waals surface area contributed by atoms with Gasteiger partial charge < -0.3 is 10.6 Å². The molecule has 2 aromatic carbocycles. The van der Waals surface area contributed by atoms with Crippen LogP contribution in [0.4, 0.5) is 4.79 Å². The van der Waals surface area contributed by atoms with Crippen molar-refractivity contribution in [3.63, 3.8) is 0 Å². The van der Waals surface area contributed by atoms with Crippen LogP contribution in [0.1, 0.15) is 51.4 Å². The minimum absolute atomic E-state index is 0.0163. The number of carbonyl (C=O) groups is 1. The number of piperidine rings is 1. The third kappa shape index (κ3) is 3.75. The van der Waals surface area contributed by atoms with Crippen LogP contribution in [0.25, 0.3) is 11.1 Å². The van der Waals surface area contributed by atoms with Gasteiger partial charge in [-0.1, -0.05) is 42.5 Å². The number of carbonyl (C=O) groups excluding carboxylic acids is 1. The molecular formula is C30H37N3O3S. The number of hydrogen-bond acceptors (Lipinski definition) is 3. The van der Waals surface area contributed by atoms with E-state index in [1.165, 1.54) is 38.5 Å². The second-order valence-corrected chi connectivity index (χ2v) is 14.5. The first-order chi connectivity index (χ1) is 17.9. The fourth-order valence-corrected chi connectivity index (χ4v) is 10.5. The molecule has 5 aliphatic rings. The van der Waals surface area contributed by atoms with E-state index in [0.717, 1.165) is 41.7 Å². The van der Waals surface area contributed by atoms with Crippen LogP contribution < -0.4 is 10.6 Å². The van der Waals surface area contributed by atoms with E-state index in [-0.39, 0.29) is 11.6 Å². The monoisotopic (exact) mass is 519 g/mol. The summed E-state index contributed by atoms with van der Waals surface area (Å²) in [5, 5.41) is 6.62. The van der Waals surface area contributed by atoms with Gasteiger partial charge in [-0.05, 0) is 104 Å². The van der Waals surface area contributed by atoms with Crippen molar-refractivity contribution >= 4 is 16.1 Å². The number of urea groups is 1. The molecule has 37 heavy (non-hydrogen) atoms. The van der Waals surface area contributed by atoms with Crippen LogP contribution >= 0.6 is 0 Å². The molecule has 1 unspecified atom stereocenters. The zero-order valence-corrected chi connectivity index (χ0v) is 22.2. The molecule has 6 nitrogen and oxygen atoms in total. The van der Waals surface area contributed by atoms with Crippen LogP contribution in [0.3, 0.4) is 0 Å². The van der Waals surface area contributed by atoms with E-state index in [9.17, 15) is 13.2 Å². The molecule has 2 aromatic rings. The molecule has 5 fully saturated rings. The average Bonchev–Trinajstić information content (AvgIpc) is 3.23. The normalized spacial score (nSPS) is 34.6. The third-order valence-corrected chi connectivity index (χ3v) is 12.5. The number of nitrogens with one attached hydrogen (secondary N) is 2. The highest BCUT2D eigenvalue weighted by atomic mass is 32.2. The van der Waals surface area contributed by atoms with Gasteiger partial charge in [0.05, 0.1) is 4.90 Å². The second kappa shape index (κ2) is 8.57. The first kappa shape index (κ1) is 23.7. The van der Waals surface area contributed by atoms with E-state index in [4.69, 9.17) is 0 Å². The Kier molecular flexibility index (Phi) is 5.49. The molecule has 7 rings (SSSR count). The van der Waals surface area contributed by atoms with Crippen LogP contribution in [0.15, 0.2) is 59.5 Å². The molecule has 5 atom stereocenters. The van der Waals surface area contributed by atoms with Crippen molar-refractivity contribution in [1.29, 1.82) is 0 Å². The van der Waals surface area contributed by atoms with Gasteiger partial charge >= 0.3 is 6.03 Å². The Morgan fingerprint density at radius 3 is 2.32 bits per heavy atom. The first-order valence-corrected chi connectivity index (χ1v) is 15.5. The molecule has 7 heteroatoms. The molecule has 3 bridgehead atoms. The number of rotatable bonds is 6. The first-order valence-electron chi connectivity index (χ1n) is 14.1. The van der Waals surface area contributed by atoms with E-state index in [2.05, 4.69) is 10.6 Å². The Morgan fingerprint density at radius 2 is 1.57 bits per heavy atom. The maximum atomic E-state index is 13.2. The summed E-state index contributed by atoms with van der Waals surface area (Å²) < 4.78 is 28.1. The zero-order chi connectivity index (χ0) is 25.3. The topological polar surface area (TPSA) is 78.5 Å². The summed E-state index contributed by atoms with van der Waals surface area (Å²) >= 11 is 0. The molecule has 1 saturated heterocycles. The average molecular weight is 520 g/mol. The summed E-state index contributed by atoms with van der Waals surface area (Å²) in [6.07, 6.45) is 9.31. The van der Waals surface area contributed by atoms with Gasteiger partial charge in [0.2, 0.25) is 10.0 Å². The Labute approximate surface area is 220 Å². The zero-order valence-electron chi connectivity index (χ0n) is 21.4. The van der Waals surface area contributed by atoms with Crippen molar-refractivity contribution in [2.75, 3.05) is 19.6 Å². The third-order valence-electron chi connectivity index (χ3n) is 10.6. The van der Waals surface area contributed by atoms with Gasteiger partial charge in [0.15, 0.2) is 0 Å². The van der Waals surface area contributed by atoms with Gasteiger partial charge in [-0.15, -0.1) is 0 Å². The quantitative estimate of drug-likeness (QED) is 0.562. The van der Waals surface area contributed by atoms with Gasteiger partial charge in [0.25, 0.3) is 0 Å². The predicted octanol–water partition coefficient (Wildman–Crippen LogP) is 5.02. The van der Waals surface area contributed by atoms with Crippen LogP contribution in [0.5, 0.6) is 0 Å². The lowest BCUT2D eigenvalue weighted by molar-refractivity contribution is -0.0457. The number of nitrogens with zero attached hydrogens (tertiary/aromatic N) is 1. The van der Waals surface area contributed by atoms with E-state index in [0.29, 0.717) is 35.9 Å². The number of hydrogen-bond donors (Lipinski definition) is 2.